The van der Waals surface area contributed by atoms with Crippen molar-refractivity contribution in [3.63, 3.8) is 0 Å². The van der Waals surface area contributed by atoms with Gasteiger partial charge in [0.25, 0.3) is 0 Å². The molecular weight excluding hydrogens is 330 g/mol. The minimum Gasteiger partial charge on any atom is -0.453 e. The first-order valence-electron chi connectivity index (χ1n) is 6.96. The number of halogens is 1. The van der Waals surface area contributed by atoms with E-state index in [2.05, 4.69) is 49.5 Å². The lowest BCUT2D eigenvalue weighted by Crippen LogP contribution is -2.09. The van der Waals surface area contributed by atoms with Crippen LogP contribution in [0.1, 0.15) is 33.1 Å². The van der Waals surface area contributed by atoms with Gasteiger partial charge in [0.15, 0.2) is 12.3 Å². The van der Waals surface area contributed by atoms with Gasteiger partial charge in [-0.1, -0.05) is 45.5 Å². The minimum absolute atomic E-state index is 0.195. The predicted molar refractivity (Wildman–Crippen MR) is 87.5 cm³/mol. The van der Waals surface area contributed by atoms with Crippen molar-refractivity contribution in [3.05, 3.63) is 34.8 Å². The summed E-state index contributed by atoms with van der Waals surface area (Å²) >= 11 is 3.10. The Balaban J connectivity index is 0.000000222. The summed E-state index contributed by atoms with van der Waals surface area (Å²) < 4.78 is 4.51. The van der Waals surface area contributed by atoms with Crippen molar-refractivity contribution in [1.82, 2.24) is 0 Å². The van der Waals surface area contributed by atoms with Crippen molar-refractivity contribution < 1.29 is 9.53 Å². The van der Waals surface area contributed by atoms with Gasteiger partial charge in [-0.25, -0.2) is 4.85 Å². The lowest BCUT2D eigenvalue weighted by Gasteiger charge is -2.22. The van der Waals surface area contributed by atoms with Crippen LogP contribution in [-0.2, 0) is 9.53 Å². The molecule has 2 aliphatic carbocycles. The maximum Gasteiger partial charge on any atom is 0.303 e. The molecule has 0 radical (unpaired) electrons. The molecule has 0 aromatic rings. The summed E-state index contributed by atoms with van der Waals surface area (Å²) in [4.78, 5) is 13.6. The van der Waals surface area contributed by atoms with Crippen LogP contribution in [-0.4, -0.2) is 17.9 Å². The molecule has 0 saturated heterocycles. The molecule has 1 saturated carbocycles. The maximum atomic E-state index is 10.1. The average molecular weight is 350 g/mol. The smallest absolute Gasteiger partial charge is 0.303 e. The first-order valence-corrected chi connectivity index (χ1v) is 8.08. The zero-order valence-electron chi connectivity index (χ0n) is 12.5. The van der Waals surface area contributed by atoms with Gasteiger partial charge in [-0.05, 0) is 38.0 Å². The second-order valence-corrected chi connectivity index (χ2v) is 5.68. The van der Waals surface area contributed by atoms with Gasteiger partial charge < -0.3 is 4.74 Å². The monoisotopic (exact) mass is 349 g/mol. The van der Waals surface area contributed by atoms with Crippen molar-refractivity contribution in [1.29, 1.82) is 0 Å². The fraction of sp³-hybridized carbons (Fsp3) is 0.529. The topological polar surface area (TPSA) is 30.7 Å². The number of nitrogens with zero attached hydrogens (tertiary/aromatic N) is 1. The molecule has 0 aromatic carbocycles. The van der Waals surface area contributed by atoms with Crippen molar-refractivity contribution in [2.45, 2.75) is 33.1 Å². The van der Waals surface area contributed by atoms with Crippen molar-refractivity contribution in [2.75, 3.05) is 11.9 Å². The normalized spacial score (nSPS) is 21.3. The molecule has 0 heterocycles. The Morgan fingerprint density at radius 2 is 2.00 bits per heavy atom. The molecule has 1 fully saturated rings. The molecule has 3 nitrogen and oxygen atoms in total. The Kier molecular flexibility index (Phi) is 7.87. The number of hydrogen-bond acceptors (Lipinski definition) is 2. The van der Waals surface area contributed by atoms with Gasteiger partial charge in [-0.15, -0.1) is 0 Å². The van der Waals surface area contributed by atoms with E-state index in [1.54, 1.807) is 0 Å². The van der Waals surface area contributed by atoms with Crippen LogP contribution in [0.4, 0.5) is 0 Å². The van der Waals surface area contributed by atoms with Gasteiger partial charge in [-0.3, -0.25) is 4.79 Å². The summed E-state index contributed by atoms with van der Waals surface area (Å²) in [5.41, 5.74) is 2.34. The Morgan fingerprint density at radius 1 is 1.38 bits per heavy atom. The molecule has 0 aromatic heterocycles. The Hall–Kier alpha value is -1.52. The highest BCUT2D eigenvalue weighted by Crippen LogP contribution is 2.40. The van der Waals surface area contributed by atoms with Gasteiger partial charge in [-0.2, -0.15) is 0 Å². The number of ether oxygens (including phenoxy) is 1. The lowest BCUT2D eigenvalue weighted by molar-refractivity contribution is -0.139. The number of fused-ring (bicyclic) bond motifs is 2. The molecule has 2 aliphatic rings. The first kappa shape index (κ1) is 17.5. The quantitative estimate of drug-likeness (QED) is 0.234. The van der Waals surface area contributed by atoms with Crippen LogP contribution >= 0.6 is 15.9 Å². The highest BCUT2D eigenvalue weighted by atomic mass is 79.9. The number of allylic oxidation sites excluding steroid dienone is 4. The SMILES string of the molecule is CC(=O)OCC#CCBr.[C-]#[N+]C(C)=C1CC2C=CC(C1)C2. The molecule has 2 atom stereocenters. The summed E-state index contributed by atoms with van der Waals surface area (Å²) in [7, 11) is 0. The van der Waals surface area contributed by atoms with E-state index in [9.17, 15) is 4.79 Å². The number of rotatable bonds is 1. The minimum atomic E-state index is -0.293. The van der Waals surface area contributed by atoms with E-state index in [1.165, 1.54) is 18.9 Å². The third-order valence-electron chi connectivity index (χ3n) is 3.50. The molecular formula is C17H20BrNO2. The lowest BCUT2D eigenvalue weighted by atomic mass is 9.83. The Bertz CT molecular complexity index is 515. The Labute approximate surface area is 135 Å². The van der Waals surface area contributed by atoms with E-state index < -0.39 is 0 Å². The van der Waals surface area contributed by atoms with E-state index in [0.29, 0.717) is 5.33 Å². The highest BCUT2D eigenvalue weighted by Gasteiger charge is 2.27. The molecule has 2 rings (SSSR count). The Morgan fingerprint density at radius 3 is 2.48 bits per heavy atom. The number of hydrogen-bond donors (Lipinski definition) is 0. The fourth-order valence-electron chi connectivity index (χ4n) is 2.49. The van der Waals surface area contributed by atoms with Crippen LogP contribution in [0.3, 0.4) is 0 Å². The molecule has 0 aliphatic heterocycles. The maximum absolute atomic E-state index is 10.1. The van der Waals surface area contributed by atoms with Gasteiger partial charge in [0.05, 0.1) is 11.9 Å². The zero-order valence-corrected chi connectivity index (χ0v) is 14.1. The van der Waals surface area contributed by atoms with Crippen LogP contribution in [0.15, 0.2) is 23.4 Å². The summed E-state index contributed by atoms with van der Waals surface area (Å²) in [5, 5.41) is 0.619. The van der Waals surface area contributed by atoms with Crippen molar-refractivity contribution >= 4 is 21.9 Å². The van der Waals surface area contributed by atoms with Crippen LogP contribution in [0.5, 0.6) is 0 Å². The standard InChI is InChI=1S/C11H13N.C6H7BrO2/c1-8(12-2)11-6-9-3-4-10(5-9)7-11;1-6(8)9-5-3-2-4-7/h3-4,9-10H,5-7H2,1H3;4-5H2,1H3. The molecule has 2 bridgehead atoms. The van der Waals surface area contributed by atoms with Crippen LogP contribution < -0.4 is 0 Å². The van der Waals surface area contributed by atoms with Crippen LogP contribution in [0.2, 0.25) is 0 Å². The first-order chi connectivity index (χ1) is 10.1. The number of carbonyl (C=O) groups excluding carboxylic acids is 1. The van der Waals surface area contributed by atoms with Gasteiger partial charge in [0.1, 0.15) is 0 Å². The van der Waals surface area contributed by atoms with Gasteiger partial charge >= 0.3 is 5.97 Å². The largest absolute Gasteiger partial charge is 0.453 e. The number of esters is 1. The van der Waals surface area contributed by atoms with E-state index in [-0.39, 0.29) is 12.6 Å². The summed E-state index contributed by atoms with van der Waals surface area (Å²) in [6.07, 6.45) is 8.26. The molecule has 0 N–H and O–H groups in total. The summed E-state index contributed by atoms with van der Waals surface area (Å²) in [5.74, 6) is 6.52. The fourth-order valence-corrected chi connectivity index (χ4v) is 2.69. The molecule has 21 heavy (non-hydrogen) atoms. The van der Waals surface area contributed by atoms with Crippen LogP contribution in [0, 0.1) is 30.2 Å². The van der Waals surface area contributed by atoms with E-state index >= 15 is 0 Å². The second kappa shape index (κ2) is 9.42. The summed E-state index contributed by atoms with van der Waals surface area (Å²) in [6, 6.07) is 0. The van der Waals surface area contributed by atoms with E-state index in [1.807, 2.05) is 6.92 Å². The van der Waals surface area contributed by atoms with E-state index in [4.69, 9.17) is 6.57 Å². The predicted octanol–water partition coefficient (Wildman–Crippen LogP) is 4.11. The third kappa shape index (κ3) is 6.65. The highest BCUT2D eigenvalue weighted by molar-refractivity contribution is 9.09. The zero-order chi connectivity index (χ0) is 15.7. The summed E-state index contributed by atoms with van der Waals surface area (Å²) in [6.45, 7) is 10.4. The third-order valence-corrected chi connectivity index (χ3v) is 3.78. The van der Waals surface area contributed by atoms with Crippen LogP contribution in [0.25, 0.3) is 4.85 Å². The molecule has 4 heteroatoms. The molecule has 2 unspecified atom stereocenters. The molecule has 0 spiro atoms. The van der Waals surface area contributed by atoms with Gasteiger partial charge in [0.2, 0.25) is 0 Å². The second-order valence-electron chi connectivity index (χ2n) is 5.12. The molecule has 112 valence electrons. The number of carbonyl (C=O) groups is 1. The van der Waals surface area contributed by atoms with Gasteiger partial charge in [0, 0.05) is 6.92 Å². The molecule has 0 amide bonds. The number of alkyl halides is 1. The van der Waals surface area contributed by atoms with E-state index in [0.717, 1.165) is 30.4 Å². The van der Waals surface area contributed by atoms with Crippen molar-refractivity contribution in [3.8, 4) is 11.8 Å². The van der Waals surface area contributed by atoms with Crippen molar-refractivity contribution in [2.24, 2.45) is 11.8 Å². The average Bonchev–Trinajstić information content (AvgIpc) is 2.81.